The molecule has 2 aromatic rings. The Kier molecular flexibility index (Phi) is 8.40. The monoisotopic (exact) mass is 494 g/mol. The minimum absolute atomic E-state index is 0.122. The van der Waals surface area contributed by atoms with Gasteiger partial charge in [0.2, 0.25) is 0 Å². The van der Waals surface area contributed by atoms with Crippen LogP contribution >= 0.6 is 11.8 Å². The standard InChI is InChI=1S/C20H21F3N2S.C4H4O4/c1-24-8-10-25(11-9-24)17-12-14-4-2-3-5-18(14)26-19-13-15(20(21,22)23)6-7-16(17)19;5-3(6)1-2-4(7)8/h2-7,13,17H,8-12H2,1H3;1-2H,(H,5,6)(H,7,8). The third kappa shape index (κ3) is 6.85. The minimum Gasteiger partial charge on any atom is -0.478 e. The SMILES string of the molecule is CN1CCN(C2Cc3ccccc3Sc3cc(C(F)(F)F)ccc32)CC1.O=C(O)C=CC(=O)O. The van der Waals surface area contributed by atoms with Crippen molar-refractivity contribution >= 4 is 23.7 Å². The van der Waals surface area contributed by atoms with Crippen LogP contribution in [0.15, 0.2) is 64.4 Å². The molecule has 4 rings (SSSR count). The second kappa shape index (κ2) is 11.1. The summed E-state index contributed by atoms with van der Waals surface area (Å²) >= 11 is 1.46. The van der Waals surface area contributed by atoms with E-state index in [1.54, 1.807) is 6.07 Å². The molecule has 0 saturated carbocycles. The zero-order valence-corrected chi connectivity index (χ0v) is 19.3. The van der Waals surface area contributed by atoms with Crippen LogP contribution in [0, 0.1) is 0 Å². The Bertz CT molecular complexity index is 1050. The number of rotatable bonds is 3. The number of piperazine rings is 1. The van der Waals surface area contributed by atoms with Crippen molar-refractivity contribution in [1.82, 2.24) is 9.80 Å². The number of carbonyl (C=O) groups is 2. The van der Waals surface area contributed by atoms with E-state index in [1.165, 1.54) is 29.5 Å². The molecule has 10 heteroatoms. The van der Waals surface area contributed by atoms with Gasteiger partial charge in [-0.1, -0.05) is 36.0 Å². The van der Waals surface area contributed by atoms with Gasteiger partial charge < -0.3 is 15.1 Å². The van der Waals surface area contributed by atoms with Gasteiger partial charge in [0.1, 0.15) is 0 Å². The quantitative estimate of drug-likeness (QED) is 0.612. The number of carboxylic acids is 2. The second-order valence-corrected chi connectivity index (χ2v) is 9.11. The van der Waals surface area contributed by atoms with Gasteiger partial charge in [0, 0.05) is 54.2 Å². The van der Waals surface area contributed by atoms with Gasteiger partial charge in [-0.3, -0.25) is 4.90 Å². The predicted molar refractivity (Wildman–Crippen MR) is 122 cm³/mol. The fourth-order valence-electron chi connectivity index (χ4n) is 3.89. The summed E-state index contributed by atoms with van der Waals surface area (Å²) in [4.78, 5) is 25.6. The van der Waals surface area contributed by atoms with E-state index in [0.29, 0.717) is 12.2 Å². The van der Waals surface area contributed by atoms with Crippen LogP contribution < -0.4 is 0 Å². The Morgan fingerprint density at radius 1 is 0.971 bits per heavy atom. The summed E-state index contributed by atoms with van der Waals surface area (Å²) in [5.74, 6) is -2.51. The van der Waals surface area contributed by atoms with Crippen LogP contribution in [0.25, 0.3) is 0 Å². The highest BCUT2D eigenvalue weighted by atomic mass is 32.2. The number of halogens is 3. The maximum Gasteiger partial charge on any atom is 0.416 e. The molecule has 182 valence electrons. The van der Waals surface area contributed by atoms with E-state index in [4.69, 9.17) is 10.2 Å². The highest BCUT2D eigenvalue weighted by Crippen LogP contribution is 2.45. The summed E-state index contributed by atoms with van der Waals surface area (Å²) in [7, 11) is 2.11. The van der Waals surface area contributed by atoms with Crippen molar-refractivity contribution in [3.63, 3.8) is 0 Å². The first-order valence-corrected chi connectivity index (χ1v) is 11.4. The number of hydrogen-bond acceptors (Lipinski definition) is 5. The molecule has 0 radical (unpaired) electrons. The fourth-order valence-corrected chi connectivity index (χ4v) is 5.06. The van der Waals surface area contributed by atoms with Crippen molar-refractivity contribution in [1.29, 1.82) is 0 Å². The van der Waals surface area contributed by atoms with Crippen molar-refractivity contribution in [3.8, 4) is 0 Å². The van der Waals surface area contributed by atoms with E-state index in [2.05, 4.69) is 22.9 Å². The first-order chi connectivity index (χ1) is 16.0. The zero-order valence-electron chi connectivity index (χ0n) is 18.5. The number of likely N-dealkylation sites (N-methyl/N-ethyl adjacent to an activating group) is 1. The van der Waals surface area contributed by atoms with Crippen LogP contribution in [0.3, 0.4) is 0 Å². The third-order valence-electron chi connectivity index (χ3n) is 5.65. The molecule has 34 heavy (non-hydrogen) atoms. The average molecular weight is 495 g/mol. The molecule has 0 bridgehead atoms. The number of hydrogen-bond donors (Lipinski definition) is 2. The Morgan fingerprint density at radius 3 is 2.18 bits per heavy atom. The first kappa shape index (κ1) is 25.8. The lowest BCUT2D eigenvalue weighted by atomic mass is 9.95. The van der Waals surface area contributed by atoms with E-state index in [9.17, 15) is 22.8 Å². The van der Waals surface area contributed by atoms with Crippen molar-refractivity contribution in [2.24, 2.45) is 0 Å². The molecule has 2 aliphatic rings. The summed E-state index contributed by atoms with van der Waals surface area (Å²) in [6.45, 7) is 3.85. The van der Waals surface area contributed by atoms with Crippen LogP contribution in [0.4, 0.5) is 13.2 Å². The van der Waals surface area contributed by atoms with E-state index >= 15 is 0 Å². The number of benzene rings is 2. The maximum absolute atomic E-state index is 13.2. The van der Waals surface area contributed by atoms with Gasteiger partial charge in [-0.05, 0) is 42.8 Å². The largest absolute Gasteiger partial charge is 0.478 e. The van der Waals surface area contributed by atoms with Crippen LogP contribution in [0.2, 0.25) is 0 Å². The van der Waals surface area contributed by atoms with Crippen LogP contribution in [0.1, 0.15) is 22.7 Å². The summed E-state index contributed by atoms with van der Waals surface area (Å²) in [6.07, 6.45) is -2.36. The smallest absolute Gasteiger partial charge is 0.416 e. The summed E-state index contributed by atoms with van der Waals surface area (Å²) in [5, 5.41) is 15.6. The van der Waals surface area contributed by atoms with Crippen LogP contribution in [-0.2, 0) is 22.2 Å². The third-order valence-corrected chi connectivity index (χ3v) is 6.84. The topological polar surface area (TPSA) is 81.1 Å². The van der Waals surface area contributed by atoms with Gasteiger partial charge >= 0.3 is 18.1 Å². The van der Waals surface area contributed by atoms with Crippen molar-refractivity contribution in [2.45, 2.75) is 28.4 Å². The molecule has 1 unspecified atom stereocenters. The van der Waals surface area contributed by atoms with Gasteiger partial charge in [-0.25, -0.2) is 9.59 Å². The zero-order chi connectivity index (χ0) is 24.9. The molecule has 0 spiro atoms. The summed E-state index contributed by atoms with van der Waals surface area (Å²) in [5.41, 5.74) is 1.66. The van der Waals surface area contributed by atoms with E-state index < -0.39 is 23.7 Å². The molecule has 0 aliphatic carbocycles. The normalized spacial score (nSPS) is 18.9. The molecule has 2 N–H and O–H groups in total. The Balaban J connectivity index is 0.000000350. The van der Waals surface area contributed by atoms with Crippen molar-refractivity contribution < 1.29 is 33.0 Å². The summed E-state index contributed by atoms with van der Waals surface area (Å²) in [6, 6.07) is 12.5. The Hall–Kier alpha value is -2.82. The molecule has 2 aliphatic heterocycles. The molecular weight excluding hydrogens is 469 g/mol. The number of aliphatic carboxylic acids is 2. The van der Waals surface area contributed by atoms with Crippen molar-refractivity contribution in [3.05, 3.63) is 71.3 Å². The number of nitrogens with zero attached hydrogens (tertiary/aromatic N) is 2. The molecule has 2 heterocycles. The lowest BCUT2D eigenvalue weighted by Crippen LogP contribution is -2.46. The first-order valence-electron chi connectivity index (χ1n) is 10.6. The molecule has 1 atom stereocenters. The molecule has 1 fully saturated rings. The van der Waals surface area contributed by atoms with E-state index in [1.807, 2.05) is 18.2 Å². The van der Waals surface area contributed by atoms with Gasteiger partial charge in [0.05, 0.1) is 5.56 Å². The average Bonchev–Trinajstić information content (AvgIpc) is 2.94. The molecule has 6 nitrogen and oxygen atoms in total. The van der Waals surface area contributed by atoms with Gasteiger partial charge in [0.15, 0.2) is 0 Å². The van der Waals surface area contributed by atoms with Crippen LogP contribution in [-0.4, -0.2) is 65.2 Å². The predicted octanol–water partition coefficient (Wildman–Crippen LogP) is 4.41. The Morgan fingerprint density at radius 2 is 1.59 bits per heavy atom. The molecular formula is C24H25F3N2O4S. The molecule has 2 aromatic carbocycles. The summed E-state index contributed by atoms with van der Waals surface area (Å²) < 4.78 is 39.7. The van der Waals surface area contributed by atoms with Crippen LogP contribution in [0.5, 0.6) is 0 Å². The van der Waals surface area contributed by atoms with Gasteiger partial charge in [-0.15, -0.1) is 0 Å². The number of fused-ring (bicyclic) bond motifs is 2. The Labute approximate surface area is 199 Å². The maximum atomic E-state index is 13.2. The van der Waals surface area contributed by atoms with Crippen molar-refractivity contribution in [2.75, 3.05) is 33.2 Å². The van der Waals surface area contributed by atoms with Gasteiger partial charge in [0.25, 0.3) is 0 Å². The highest BCUT2D eigenvalue weighted by molar-refractivity contribution is 7.99. The minimum atomic E-state index is -4.31. The molecule has 0 aromatic heterocycles. The van der Waals surface area contributed by atoms with E-state index in [0.717, 1.165) is 48.0 Å². The highest BCUT2D eigenvalue weighted by Gasteiger charge is 2.34. The molecule has 1 saturated heterocycles. The lowest BCUT2D eigenvalue weighted by molar-refractivity contribution is -0.137. The fraction of sp³-hybridized carbons (Fsp3) is 0.333. The van der Waals surface area contributed by atoms with Gasteiger partial charge in [-0.2, -0.15) is 13.2 Å². The van der Waals surface area contributed by atoms with E-state index in [-0.39, 0.29) is 6.04 Å². The second-order valence-electron chi connectivity index (χ2n) is 8.03. The lowest BCUT2D eigenvalue weighted by Gasteiger charge is -2.38. The molecule has 0 amide bonds. The number of alkyl halides is 3. The number of carboxylic acid groups (broad SMARTS) is 2.